The zero-order valence-corrected chi connectivity index (χ0v) is 10.7. The van der Waals surface area contributed by atoms with Gasteiger partial charge in [-0.25, -0.2) is 0 Å². The first-order valence-electron chi connectivity index (χ1n) is 6.23. The molecule has 0 fully saturated rings. The molecular formula is C14H19N3O. The number of aliphatic imine (C=N–C) groups is 2. The van der Waals surface area contributed by atoms with E-state index in [1.54, 1.807) is 24.8 Å². The largest absolute Gasteiger partial charge is 0.298 e. The van der Waals surface area contributed by atoms with Crippen LogP contribution in [0.15, 0.2) is 40.6 Å². The molecule has 96 valence electrons. The van der Waals surface area contributed by atoms with Gasteiger partial charge in [0.15, 0.2) is 6.29 Å². The monoisotopic (exact) mass is 245 g/mol. The second-order valence-electron chi connectivity index (χ2n) is 4.03. The van der Waals surface area contributed by atoms with Crippen LogP contribution in [-0.4, -0.2) is 29.4 Å². The average Bonchev–Trinajstić information content (AvgIpc) is 2.91. The summed E-state index contributed by atoms with van der Waals surface area (Å²) in [5.41, 5.74) is -0.755. The molecule has 0 aliphatic carbocycles. The van der Waals surface area contributed by atoms with Crippen molar-refractivity contribution in [1.82, 2.24) is 4.98 Å². The summed E-state index contributed by atoms with van der Waals surface area (Å²) < 4.78 is 0. The van der Waals surface area contributed by atoms with E-state index in [0.717, 1.165) is 32.0 Å². The van der Waals surface area contributed by atoms with Gasteiger partial charge >= 0.3 is 0 Å². The Labute approximate surface area is 108 Å². The van der Waals surface area contributed by atoms with Gasteiger partial charge < -0.3 is 0 Å². The van der Waals surface area contributed by atoms with Gasteiger partial charge in [-0.15, -0.1) is 0 Å². The predicted molar refractivity (Wildman–Crippen MR) is 74.2 cm³/mol. The van der Waals surface area contributed by atoms with Crippen LogP contribution >= 0.6 is 0 Å². The van der Waals surface area contributed by atoms with Crippen molar-refractivity contribution in [3.8, 4) is 0 Å². The van der Waals surface area contributed by atoms with Crippen molar-refractivity contribution in [2.75, 3.05) is 0 Å². The van der Waals surface area contributed by atoms with Gasteiger partial charge in [0.2, 0.25) is 5.66 Å². The maximum atomic E-state index is 10.7. The van der Waals surface area contributed by atoms with Crippen molar-refractivity contribution >= 4 is 18.7 Å². The molecule has 4 nitrogen and oxygen atoms in total. The molecule has 1 aromatic heterocycles. The Kier molecular flexibility index (Phi) is 6.54. The van der Waals surface area contributed by atoms with Crippen molar-refractivity contribution in [2.45, 2.75) is 38.3 Å². The fraction of sp³-hybridized carbons (Fsp3) is 0.429. The first kappa shape index (κ1) is 14.2. The molecule has 0 amide bonds. The summed E-state index contributed by atoms with van der Waals surface area (Å²) in [7, 11) is 0. The Bertz CT molecular complexity index is 349. The summed E-state index contributed by atoms with van der Waals surface area (Å²) in [5.74, 6) is 0. The summed E-state index contributed by atoms with van der Waals surface area (Å²) in [5, 5.41) is 0. The van der Waals surface area contributed by atoms with E-state index >= 15 is 0 Å². The van der Waals surface area contributed by atoms with Gasteiger partial charge in [0.25, 0.3) is 0 Å². The fourth-order valence-electron chi connectivity index (χ4n) is 1.55. The van der Waals surface area contributed by atoms with Gasteiger partial charge in [-0.2, -0.15) is 0 Å². The molecule has 0 radical (unpaired) electrons. The highest BCUT2D eigenvalue weighted by Crippen LogP contribution is 2.20. The van der Waals surface area contributed by atoms with E-state index in [4.69, 9.17) is 0 Å². The SMILES string of the molecule is CCCCCC1(C=O)N=CC=N1.c1ccncc1. The molecule has 1 aromatic rings. The second kappa shape index (κ2) is 8.28. The molecule has 2 rings (SSSR count). The van der Waals surface area contributed by atoms with E-state index in [1.165, 1.54) is 0 Å². The lowest BCUT2D eigenvalue weighted by molar-refractivity contribution is -0.112. The molecule has 0 atom stereocenters. The van der Waals surface area contributed by atoms with Gasteiger partial charge in [0.1, 0.15) is 0 Å². The molecule has 0 bridgehead atoms. The lowest BCUT2D eigenvalue weighted by atomic mass is 10.1. The Hall–Kier alpha value is -1.84. The summed E-state index contributed by atoms with van der Waals surface area (Å²) in [6, 6.07) is 5.72. The predicted octanol–water partition coefficient (Wildman–Crippen LogP) is 2.70. The van der Waals surface area contributed by atoms with Crippen LogP contribution < -0.4 is 0 Å². The summed E-state index contributed by atoms with van der Waals surface area (Å²) >= 11 is 0. The minimum absolute atomic E-state index is 0.747. The van der Waals surface area contributed by atoms with Crippen molar-refractivity contribution < 1.29 is 4.79 Å². The third-order valence-electron chi connectivity index (χ3n) is 2.57. The van der Waals surface area contributed by atoms with Crippen LogP contribution in [0.5, 0.6) is 0 Å². The van der Waals surface area contributed by atoms with E-state index in [9.17, 15) is 4.79 Å². The van der Waals surface area contributed by atoms with Gasteiger partial charge in [0.05, 0.1) is 0 Å². The minimum atomic E-state index is -0.755. The summed E-state index contributed by atoms with van der Waals surface area (Å²) in [6.45, 7) is 2.13. The number of nitrogens with zero attached hydrogens (tertiary/aromatic N) is 3. The Balaban J connectivity index is 0.000000225. The number of unbranched alkanes of at least 4 members (excludes halogenated alkanes) is 2. The molecule has 0 saturated heterocycles. The number of pyridine rings is 1. The highest BCUT2D eigenvalue weighted by molar-refractivity contribution is 6.18. The second-order valence-corrected chi connectivity index (χ2v) is 4.03. The molecule has 0 N–H and O–H groups in total. The molecule has 1 aliphatic heterocycles. The van der Waals surface area contributed by atoms with E-state index in [2.05, 4.69) is 21.9 Å². The van der Waals surface area contributed by atoms with Gasteiger partial charge in [-0.3, -0.25) is 19.8 Å². The molecule has 0 unspecified atom stereocenters. The van der Waals surface area contributed by atoms with Crippen molar-refractivity contribution in [3.05, 3.63) is 30.6 Å². The van der Waals surface area contributed by atoms with Crippen LogP contribution in [0.1, 0.15) is 32.6 Å². The maximum absolute atomic E-state index is 10.7. The van der Waals surface area contributed by atoms with Crippen LogP contribution in [0.4, 0.5) is 0 Å². The van der Waals surface area contributed by atoms with Crippen LogP contribution in [0, 0.1) is 0 Å². The third kappa shape index (κ3) is 4.99. The Morgan fingerprint density at radius 3 is 2.11 bits per heavy atom. The molecule has 0 saturated carbocycles. The normalized spacial score (nSPS) is 14.9. The molecule has 2 heterocycles. The maximum Gasteiger partial charge on any atom is 0.205 e. The summed E-state index contributed by atoms with van der Waals surface area (Å²) in [6.07, 6.45) is 11.6. The number of carbonyl (C=O) groups excluding carboxylic acids is 1. The van der Waals surface area contributed by atoms with E-state index in [1.807, 2.05) is 18.2 Å². The molecule has 1 aliphatic rings. The zero-order chi connectivity index (χ0) is 13.1. The smallest absolute Gasteiger partial charge is 0.205 e. The third-order valence-corrected chi connectivity index (χ3v) is 2.57. The molecule has 0 aromatic carbocycles. The number of hydrogen-bond acceptors (Lipinski definition) is 4. The fourth-order valence-corrected chi connectivity index (χ4v) is 1.55. The molecule has 4 heteroatoms. The standard InChI is InChI=1S/C9H14N2O.C5H5N/c1-2-3-4-5-9(8-12)10-6-7-11-9;1-2-4-6-5-3-1/h6-8H,2-5H2,1H3;1-5H. The number of hydrogen-bond donors (Lipinski definition) is 0. The van der Waals surface area contributed by atoms with Crippen LogP contribution in [0.25, 0.3) is 0 Å². The average molecular weight is 245 g/mol. The van der Waals surface area contributed by atoms with Gasteiger partial charge in [0, 0.05) is 24.8 Å². The lowest BCUT2D eigenvalue weighted by Gasteiger charge is -2.14. The summed E-state index contributed by atoms with van der Waals surface area (Å²) in [4.78, 5) is 22.6. The van der Waals surface area contributed by atoms with Crippen LogP contribution in [0.2, 0.25) is 0 Å². The first-order chi connectivity index (χ1) is 8.83. The highest BCUT2D eigenvalue weighted by atomic mass is 16.1. The van der Waals surface area contributed by atoms with E-state index in [-0.39, 0.29) is 0 Å². The molecule has 18 heavy (non-hydrogen) atoms. The van der Waals surface area contributed by atoms with Crippen molar-refractivity contribution in [3.63, 3.8) is 0 Å². The van der Waals surface area contributed by atoms with Crippen molar-refractivity contribution in [1.29, 1.82) is 0 Å². The quantitative estimate of drug-likeness (QED) is 0.591. The number of carbonyl (C=O) groups is 1. The molecular weight excluding hydrogens is 226 g/mol. The van der Waals surface area contributed by atoms with Gasteiger partial charge in [-0.05, 0) is 25.0 Å². The number of rotatable bonds is 5. The van der Waals surface area contributed by atoms with E-state index < -0.39 is 5.66 Å². The lowest BCUT2D eigenvalue weighted by Crippen LogP contribution is -2.23. The topological polar surface area (TPSA) is 54.7 Å². The number of aromatic nitrogens is 1. The van der Waals surface area contributed by atoms with Gasteiger partial charge in [-0.1, -0.05) is 25.8 Å². The Morgan fingerprint density at radius 2 is 1.72 bits per heavy atom. The Morgan fingerprint density at radius 1 is 1.06 bits per heavy atom. The van der Waals surface area contributed by atoms with E-state index in [0.29, 0.717) is 0 Å². The zero-order valence-electron chi connectivity index (χ0n) is 10.7. The van der Waals surface area contributed by atoms with Crippen molar-refractivity contribution in [2.24, 2.45) is 9.98 Å². The highest BCUT2D eigenvalue weighted by Gasteiger charge is 2.27. The first-order valence-corrected chi connectivity index (χ1v) is 6.23. The minimum Gasteiger partial charge on any atom is -0.298 e. The molecule has 0 spiro atoms. The van der Waals surface area contributed by atoms with Crippen LogP contribution in [-0.2, 0) is 4.79 Å². The van der Waals surface area contributed by atoms with Crippen LogP contribution in [0.3, 0.4) is 0 Å². The number of aldehydes is 1.